The van der Waals surface area contributed by atoms with Crippen LogP contribution >= 0.6 is 46.5 Å². The lowest BCUT2D eigenvalue weighted by molar-refractivity contribution is -0.119. The first-order valence-electron chi connectivity index (χ1n) is 15.6. The van der Waals surface area contributed by atoms with Crippen LogP contribution in [-0.2, 0) is 9.59 Å². The van der Waals surface area contributed by atoms with E-state index in [0.717, 1.165) is 36.9 Å². The van der Waals surface area contributed by atoms with Crippen molar-refractivity contribution in [2.24, 2.45) is 0 Å². The fraction of sp³-hybridized carbons (Fsp3) is 0.0789. The molecule has 0 atom stereocenters. The number of nitrogens with zero attached hydrogens (tertiary/aromatic N) is 4. The van der Waals surface area contributed by atoms with Crippen molar-refractivity contribution in [2.45, 2.75) is 15.5 Å². The first kappa shape index (κ1) is 33.6. The van der Waals surface area contributed by atoms with Gasteiger partial charge < -0.3 is 10.6 Å². The van der Waals surface area contributed by atoms with Crippen molar-refractivity contribution in [2.75, 3.05) is 16.8 Å². The zero-order chi connectivity index (χ0) is 34.3. The molecule has 0 spiro atoms. The van der Waals surface area contributed by atoms with Crippen LogP contribution in [0.3, 0.4) is 0 Å². The maximum atomic E-state index is 13.1. The summed E-state index contributed by atoms with van der Waals surface area (Å²) in [5, 5.41) is 16.2. The number of aromatic nitrogens is 4. The molecular weight excluding hydrogens is 704 g/mol. The molecule has 0 saturated heterocycles. The average molecular weight is 733 g/mol. The zero-order valence-corrected chi connectivity index (χ0v) is 29.6. The molecule has 0 radical (unpaired) electrons. The highest BCUT2D eigenvalue weighted by Gasteiger charge is 2.20. The third-order valence-corrected chi connectivity index (χ3v) is 11.1. The Bertz CT molecular complexity index is 2210. The Balaban J connectivity index is 0.987. The number of amides is 2. The Morgan fingerprint density at radius 3 is 2.08 bits per heavy atom. The van der Waals surface area contributed by atoms with Crippen LogP contribution in [0.25, 0.3) is 27.3 Å². The summed E-state index contributed by atoms with van der Waals surface area (Å²) < 4.78 is 3.60. The van der Waals surface area contributed by atoms with E-state index in [1.165, 1.54) is 34.9 Å². The van der Waals surface area contributed by atoms with Gasteiger partial charge in [-0.05, 0) is 53.6 Å². The van der Waals surface area contributed by atoms with Crippen molar-refractivity contribution in [1.29, 1.82) is 0 Å². The van der Waals surface area contributed by atoms with Gasteiger partial charge in [-0.25, -0.2) is 4.98 Å². The van der Waals surface area contributed by atoms with E-state index in [4.69, 9.17) is 16.6 Å². The van der Waals surface area contributed by atoms with Crippen LogP contribution < -0.4 is 10.6 Å². The number of thiazole rings is 1. The summed E-state index contributed by atoms with van der Waals surface area (Å²) in [7, 11) is 0. The van der Waals surface area contributed by atoms with Crippen LogP contribution in [0.15, 0.2) is 143 Å². The minimum atomic E-state index is -0.246. The number of rotatable bonds is 12. The van der Waals surface area contributed by atoms with Crippen LogP contribution in [0.4, 0.5) is 5.69 Å². The van der Waals surface area contributed by atoms with E-state index in [1.807, 2.05) is 138 Å². The van der Waals surface area contributed by atoms with Crippen molar-refractivity contribution < 1.29 is 9.59 Å². The molecule has 2 aromatic heterocycles. The Morgan fingerprint density at radius 2 is 1.38 bits per heavy atom. The summed E-state index contributed by atoms with van der Waals surface area (Å²) in [6.45, 7) is 0. The van der Waals surface area contributed by atoms with E-state index in [0.29, 0.717) is 21.7 Å². The summed E-state index contributed by atoms with van der Waals surface area (Å²) in [4.78, 5) is 30.9. The summed E-state index contributed by atoms with van der Waals surface area (Å²) in [6.07, 6.45) is 0. The minimum absolute atomic E-state index is 0.0838. The molecule has 0 bridgehead atoms. The molecule has 0 aliphatic rings. The van der Waals surface area contributed by atoms with Gasteiger partial charge in [0.25, 0.3) is 0 Å². The van der Waals surface area contributed by atoms with Gasteiger partial charge in [0.1, 0.15) is 0 Å². The van der Waals surface area contributed by atoms with Crippen LogP contribution in [0, 0.1) is 0 Å². The molecule has 7 aromatic rings. The van der Waals surface area contributed by atoms with Gasteiger partial charge in [-0.15, -0.1) is 21.5 Å². The van der Waals surface area contributed by atoms with E-state index in [-0.39, 0.29) is 29.4 Å². The molecule has 2 N–H and O–H groups in total. The van der Waals surface area contributed by atoms with Gasteiger partial charge in [0, 0.05) is 16.9 Å². The fourth-order valence-corrected chi connectivity index (χ4v) is 8.23. The molecule has 0 fully saturated rings. The van der Waals surface area contributed by atoms with Crippen LogP contribution in [0.1, 0.15) is 17.2 Å². The van der Waals surface area contributed by atoms with Crippen LogP contribution in [0.5, 0.6) is 0 Å². The zero-order valence-electron chi connectivity index (χ0n) is 26.4. The van der Waals surface area contributed by atoms with Crippen LogP contribution in [-0.4, -0.2) is 43.1 Å². The second-order valence-corrected chi connectivity index (χ2v) is 14.7. The largest absolute Gasteiger partial charge is 0.344 e. The average Bonchev–Trinajstić information content (AvgIpc) is 3.77. The summed E-state index contributed by atoms with van der Waals surface area (Å²) in [6, 6.07) is 42.5. The molecule has 2 amide bonds. The van der Waals surface area contributed by atoms with Crippen molar-refractivity contribution in [3.05, 3.63) is 150 Å². The van der Waals surface area contributed by atoms with E-state index in [1.54, 1.807) is 0 Å². The Morgan fingerprint density at radius 1 is 0.740 bits per heavy atom. The molecule has 248 valence electrons. The molecule has 0 aliphatic heterocycles. The molecule has 2 heterocycles. The number of halogens is 1. The van der Waals surface area contributed by atoms with Gasteiger partial charge in [0.15, 0.2) is 15.3 Å². The standard InChI is InChI=1S/C38H29ClN6O2S3/c39-30-19-11-10-18-29(30)36-43-44-37(45(36)28-16-8-3-9-17-28)48-23-33(46)40-27-20-21-31-32(22-27)50-38(41-31)49-24-34(47)42-35(25-12-4-1-5-13-25)26-14-6-2-7-15-26/h1-22,35H,23-24H2,(H,40,46)(H,42,47). The SMILES string of the molecule is O=C(CSc1nnc(-c2ccccc2Cl)n1-c1ccccc1)Nc1ccc2nc(SCC(=O)NC(c3ccccc3)c3ccccc3)sc2c1. The highest BCUT2D eigenvalue weighted by molar-refractivity contribution is 8.01. The van der Waals surface area contributed by atoms with E-state index < -0.39 is 0 Å². The van der Waals surface area contributed by atoms with Gasteiger partial charge in [-0.3, -0.25) is 14.2 Å². The van der Waals surface area contributed by atoms with Gasteiger partial charge in [0.2, 0.25) is 11.8 Å². The Labute approximate surface area is 306 Å². The monoisotopic (exact) mass is 732 g/mol. The van der Waals surface area contributed by atoms with Crippen LogP contribution in [0.2, 0.25) is 5.02 Å². The summed E-state index contributed by atoms with van der Waals surface area (Å²) in [5.74, 6) is 0.677. The number of para-hydroxylation sites is 1. The number of benzene rings is 5. The van der Waals surface area contributed by atoms with E-state index in [2.05, 4.69) is 20.8 Å². The predicted octanol–water partition coefficient (Wildman–Crippen LogP) is 8.93. The summed E-state index contributed by atoms with van der Waals surface area (Å²) in [5.41, 5.74) is 5.12. The number of carbonyl (C=O) groups is 2. The number of fused-ring (bicyclic) bond motifs is 1. The van der Waals surface area contributed by atoms with Gasteiger partial charge in [0.05, 0.1) is 32.8 Å². The highest BCUT2D eigenvalue weighted by atomic mass is 35.5. The molecule has 0 unspecified atom stereocenters. The van der Waals surface area contributed by atoms with E-state index >= 15 is 0 Å². The number of nitrogens with one attached hydrogen (secondary N) is 2. The molecular formula is C38H29ClN6O2S3. The maximum Gasteiger partial charge on any atom is 0.234 e. The second kappa shape index (κ2) is 15.7. The molecule has 0 saturated carbocycles. The number of anilines is 1. The summed E-state index contributed by atoms with van der Waals surface area (Å²) >= 11 is 10.7. The minimum Gasteiger partial charge on any atom is -0.344 e. The number of hydrogen-bond acceptors (Lipinski definition) is 8. The number of carbonyl (C=O) groups excluding carboxylic acids is 2. The number of hydrogen-bond donors (Lipinski definition) is 2. The highest BCUT2D eigenvalue weighted by Crippen LogP contribution is 2.33. The third-order valence-electron chi connectivity index (χ3n) is 7.65. The predicted molar refractivity (Wildman–Crippen MR) is 204 cm³/mol. The molecule has 12 heteroatoms. The first-order chi connectivity index (χ1) is 24.5. The quantitative estimate of drug-likeness (QED) is 0.121. The molecule has 7 rings (SSSR count). The first-order valence-corrected chi connectivity index (χ1v) is 18.8. The topological polar surface area (TPSA) is 102 Å². The molecule has 5 aromatic carbocycles. The van der Waals surface area contributed by atoms with Gasteiger partial charge in [-0.1, -0.05) is 126 Å². The lowest BCUT2D eigenvalue weighted by atomic mass is 9.99. The van der Waals surface area contributed by atoms with Gasteiger partial charge >= 0.3 is 0 Å². The van der Waals surface area contributed by atoms with Crippen molar-refractivity contribution in [1.82, 2.24) is 25.1 Å². The van der Waals surface area contributed by atoms with E-state index in [9.17, 15) is 9.59 Å². The third kappa shape index (κ3) is 7.92. The molecule has 8 nitrogen and oxygen atoms in total. The number of thioether (sulfide) groups is 2. The normalized spacial score (nSPS) is 11.2. The maximum absolute atomic E-state index is 13.1. The Kier molecular flexibility index (Phi) is 10.6. The Hall–Kier alpha value is -4.94. The van der Waals surface area contributed by atoms with Crippen molar-refractivity contribution >= 4 is 74.2 Å². The van der Waals surface area contributed by atoms with Gasteiger partial charge in [-0.2, -0.15) is 0 Å². The smallest absolute Gasteiger partial charge is 0.234 e. The second-order valence-electron chi connectivity index (χ2n) is 11.1. The fourth-order valence-electron chi connectivity index (χ4n) is 5.34. The van der Waals surface area contributed by atoms with Crippen molar-refractivity contribution in [3.63, 3.8) is 0 Å². The lowest BCUT2D eigenvalue weighted by Crippen LogP contribution is -2.30. The molecule has 0 aliphatic carbocycles. The lowest BCUT2D eigenvalue weighted by Gasteiger charge is -2.19. The molecule has 50 heavy (non-hydrogen) atoms. The van der Waals surface area contributed by atoms with Crippen molar-refractivity contribution in [3.8, 4) is 17.1 Å².